The molecule has 0 aromatic carbocycles. The van der Waals surface area contributed by atoms with Gasteiger partial charge in [-0.2, -0.15) is 0 Å². The summed E-state index contributed by atoms with van der Waals surface area (Å²) in [6, 6.07) is 0. The molecule has 88 valence electrons. The fourth-order valence-corrected chi connectivity index (χ4v) is 1.22. The van der Waals surface area contributed by atoms with Crippen LogP contribution in [0.4, 0.5) is 0 Å². The summed E-state index contributed by atoms with van der Waals surface area (Å²) in [5.74, 6) is -0.381. The van der Waals surface area contributed by atoms with Crippen molar-refractivity contribution in [1.82, 2.24) is 0 Å². The van der Waals surface area contributed by atoms with E-state index in [1.807, 2.05) is 6.92 Å². The lowest BCUT2D eigenvalue weighted by Gasteiger charge is -2.10. The van der Waals surface area contributed by atoms with Crippen molar-refractivity contribution in [3.63, 3.8) is 0 Å². The Morgan fingerprint density at radius 1 is 1.33 bits per heavy atom. The van der Waals surface area contributed by atoms with E-state index in [2.05, 4.69) is 11.7 Å². The van der Waals surface area contributed by atoms with Crippen LogP contribution >= 0.6 is 0 Å². The van der Waals surface area contributed by atoms with Crippen LogP contribution in [0.1, 0.15) is 46.0 Å². The third-order valence-corrected chi connectivity index (χ3v) is 2.18. The van der Waals surface area contributed by atoms with Crippen LogP contribution in [0.5, 0.6) is 0 Å². The second-order valence-electron chi connectivity index (χ2n) is 3.62. The molecule has 3 heteroatoms. The van der Waals surface area contributed by atoms with Crippen molar-refractivity contribution in [3.8, 4) is 0 Å². The van der Waals surface area contributed by atoms with E-state index in [0.29, 0.717) is 0 Å². The maximum absolute atomic E-state index is 10.7. The van der Waals surface area contributed by atoms with Gasteiger partial charge >= 0.3 is 5.97 Å². The quantitative estimate of drug-likeness (QED) is 0.269. The molecular weight excluding hydrogens is 192 g/mol. The predicted molar refractivity (Wildman–Crippen MR) is 60.5 cm³/mol. The largest absolute Gasteiger partial charge is 0.498 e. The monoisotopic (exact) mass is 214 g/mol. The zero-order valence-electron chi connectivity index (χ0n) is 9.99. The molecule has 1 unspecified atom stereocenters. The molecule has 0 N–H and O–H groups in total. The van der Waals surface area contributed by atoms with Crippen molar-refractivity contribution in [3.05, 3.63) is 12.3 Å². The van der Waals surface area contributed by atoms with Crippen LogP contribution in [0.15, 0.2) is 12.3 Å². The van der Waals surface area contributed by atoms with E-state index < -0.39 is 0 Å². The number of ether oxygens (including phenoxy) is 2. The number of methoxy groups -OCH3 is 1. The van der Waals surface area contributed by atoms with E-state index in [1.54, 1.807) is 0 Å². The van der Waals surface area contributed by atoms with E-state index in [0.717, 1.165) is 6.42 Å². The minimum Gasteiger partial charge on any atom is -0.498 e. The molecule has 0 aliphatic carbocycles. The lowest BCUT2D eigenvalue weighted by molar-refractivity contribution is -0.135. The maximum atomic E-state index is 10.7. The number of rotatable bonds is 8. The lowest BCUT2D eigenvalue weighted by Crippen LogP contribution is -2.04. The van der Waals surface area contributed by atoms with Crippen molar-refractivity contribution in [2.45, 2.75) is 52.1 Å². The first-order valence-corrected chi connectivity index (χ1v) is 5.60. The van der Waals surface area contributed by atoms with Crippen LogP contribution in [-0.4, -0.2) is 19.2 Å². The molecule has 3 nitrogen and oxygen atoms in total. The Bertz CT molecular complexity index is 187. The SMILES string of the molecule is CCCCCCC(C)O/C=C/C(=O)OC. The topological polar surface area (TPSA) is 35.5 Å². The van der Waals surface area contributed by atoms with Gasteiger partial charge in [-0.05, 0) is 19.8 Å². The third kappa shape index (κ3) is 9.32. The highest BCUT2D eigenvalue weighted by molar-refractivity contribution is 5.81. The van der Waals surface area contributed by atoms with Gasteiger partial charge in [0.1, 0.15) is 0 Å². The zero-order valence-corrected chi connectivity index (χ0v) is 9.99. The van der Waals surface area contributed by atoms with Crippen LogP contribution < -0.4 is 0 Å². The molecule has 0 saturated carbocycles. The summed E-state index contributed by atoms with van der Waals surface area (Å²) < 4.78 is 9.75. The van der Waals surface area contributed by atoms with Crippen molar-refractivity contribution < 1.29 is 14.3 Å². The highest BCUT2D eigenvalue weighted by Gasteiger charge is 2.00. The molecule has 0 aromatic rings. The van der Waals surface area contributed by atoms with E-state index >= 15 is 0 Å². The van der Waals surface area contributed by atoms with E-state index in [-0.39, 0.29) is 12.1 Å². The molecule has 0 aliphatic heterocycles. The average molecular weight is 214 g/mol. The molecule has 0 fully saturated rings. The first-order valence-electron chi connectivity index (χ1n) is 5.60. The number of carbonyl (C=O) groups excluding carboxylic acids is 1. The van der Waals surface area contributed by atoms with Crippen LogP contribution in [0, 0.1) is 0 Å². The van der Waals surface area contributed by atoms with Gasteiger partial charge in [-0.3, -0.25) is 0 Å². The van der Waals surface area contributed by atoms with Crippen molar-refractivity contribution in [1.29, 1.82) is 0 Å². The first kappa shape index (κ1) is 14.0. The minimum atomic E-state index is -0.381. The average Bonchev–Trinajstić information content (AvgIpc) is 2.24. The molecule has 0 aromatic heterocycles. The van der Waals surface area contributed by atoms with Crippen molar-refractivity contribution in [2.75, 3.05) is 7.11 Å². The fourth-order valence-electron chi connectivity index (χ4n) is 1.22. The van der Waals surface area contributed by atoms with E-state index in [4.69, 9.17) is 4.74 Å². The summed E-state index contributed by atoms with van der Waals surface area (Å²) in [7, 11) is 1.35. The Morgan fingerprint density at radius 2 is 2.07 bits per heavy atom. The van der Waals surface area contributed by atoms with Crippen LogP contribution in [0.25, 0.3) is 0 Å². The van der Waals surface area contributed by atoms with Crippen LogP contribution in [-0.2, 0) is 14.3 Å². The summed E-state index contributed by atoms with van der Waals surface area (Å²) in [4.78, 5) is 10.7. The minimum absolute atomic E-state index is 0.169. The van der Waals surface area contributed by atoms with Gasteiger partial charge in [0.15, 0.2) is 0 Å². The molecule has 0 aliphatic rings. The van der Waals surface area contributed by atoms with Gasteiger partial charge in [-0.25, -0.2) is 4.79 Å². The smallest absolute Gasteiger partial charge is 0.333 e. The van der Waals surface area contributed by atoms with Crippen molar-refractivity contribution in [2.24, 2.45) is 0 Å². The van der Waals surface area contributed by atoms with Crippen LogP contribution in [0.2, 0.25) is 0 Å². The second kappa shape index (κ2) is 9.56. The summed E-state index contributed by atoms with van der Waals surface area (Å²) in [6.45, 7) is 4.20. The number of hydrogen-bond donors (Lipinski definition) is 0. The predicted octanol–water partition coefficient (Wildman–Crippen LogP) is 3.05. The van der Waals surface area contributed by atoms with Crippen LogP contribution in [0.3, 0.4) is 0 Å². The number of esters is 1. The molecule has 0 heterocycles. The molecule has 15 heavy (non-hydrogen) atoms. The van der Waals surface area contributed by atoms with Gasteiger partial charge < -0.3 is 9.47 Å². The molecule has 0 spiro atoms. The number of hydrogen-bond acceptors (Lipinski definition) is 3. The number of carbonyl (C=O) groups is 1. The molecule has 0 rings (SSSR count). The highest BCUT2D eigenvalue weighted by atomic mass is 16.5. The van der Waals surface area contributed by atoms with Crippen molar-refractivity contribution >= 4 is 5.97 Å². The standard InChI is InChI=1S/C12H22O3/c1-4-5-6-7-8-11(2)15-10-9-12(13)14-3/h9-11H,4-8H2,1-3H3/b10-9+. The summed E-state index contributed by atoms with van der Waals surface area (Å²) in [5, 5.41) is 0. The van der Waals surface area contributed by atoms with Gasteiger partial charge in [-0.1, -0.05) is 26.2 Å². The third-order valence-electron chi connectivity index (χ3n) is 2.18. The Kier molecular flexibility index (Phi) is 8.93. The molecular formula is C12H22O3. The number of unbranched alkanes of at least 4 members (excludes halogenated alkanes) is 3. The summed E-state index contributed by atoms with van der Waals surface area (Å²) in [5.41, 5.74) is 0. The Labute approximate surface area is 92.5 Å². The van der Waals surface area contributed by atoms with Gasteiger partial charge in [0.25, 0.3) is 0 Å². The van der Waals surface area contributed by atoms with Gasteiger partial charge in [0, 0.05) is 0 Å². The second-order valence-corrected chi connectivity index (χ2v) is 3.62. The fraction of sp³-hybridized carbons (Fsp3) is 0.750. The van der Waals surface area contributed by atoms with E-state index in [9.17, 15) is 4.79 Å². The van der Waals surface area contributed by atoms with Gasteiger partial charge in [0.2, 0.25) is 0 Å². The lowest BCUT2D eigenvalue weighted by atomic mass is 10.1. The maximum Gasteiger partial charge on any atom is 0.333 e. The highest BCUT2D eigenvalue weighted by Crippen LogP contribution is 2.07. The van der Waals surface area contributed by atoms with Gasteiger partial charge in [-0.15, -0.1) is 0 Å². The Morgan fingerprint density at radius 3 is 2.67 bits per heavy atom. The van der Waals surface area contributed by atoms with E-state index in [1.165, 1.54) is 45.1 Å². The normalized spacial score (nSPS) is 12.7. The zero-order chi connectivity index (χ0) is 11.5. The molecule has 0 bridgehead atoms. The van der Waals surface area contributed by atoms with Gasteiger partial charge in [0.05, 0.1) is 25.6 Å². The first-order chi connectivity index (χ1) is 7.20. The molecule has 0 radical (unpaired) electrons. The Balaban J connectivity index is 3.44. The molecule has 0 amide bonds. The molecule has 1 atom stereocenters. The summed E-state index contributed by atoms with van der Waals surface area (Å²) in [6.07, 6.45) is 8.88. The molecule has 0 saturated heterocycles. The summed E-state index contributed by atoms with van der Waals surface area (Å²) >= 11 is 0. The Hall–Kier alpha value is -0.990.